The summed E-state index contributed by atoms with van der Waals surface area (Å²) in [5.74, 6) is 4.83. The van der Waals surface area contributed by atoms with Gasteiger partial charge in [-0.25, -0.2) is 0 Å². The Bertz CT molecular complexity index is 608. The summed E-state index contributed by atoms with van der Waals surface area (Å²) in [5.41, 5.74) is 0.697. The average Bonchev–Trinajstić information content (AvgIpc) is 2.78. The van der Waals surface area contributed by atoms with Crippen LogP contribution in [0.25, 0.3) is 0 Å². The monoisotopic (exact) mass is 395 g/mol. The van der Waals surface area contributed by atoms with Crippen LogP contribution >= 0.6 is 0 Å². The molecule has 1 aromatic carbocycles. The highest BCUT2D eigenvalue weighted by atomic mass is 16.5. The molecule has 0 bridgehead atoms. The van der Waals surface area contributed by atoms with Gasteiger partial charge in [-0.1, -0.05) is 64.7 Å². The van der Waals surface area contributed by atoms with Crippen molar-refractivity contribution >= 4 is 0 Å². The maximum absolute atomic E-state index is 8.89. The molecule has 2 fully saturated rings. The van der Waals surface area contributed by atoms with Gasteiger partial charge in [0, 0.05) is 0 Å². The van der Waals surface area contributed by atoms with Crippen molar-refractivity contribution in [3.8, 4) is 11.8 Å². The number of rotatable bonds is 10. The minimum Gasteiger partial charge on any atom is -0.494 e. The van der Waals surface area contributed by atoms with Gasteiger partial charge in [-0.15, -0.1) is 0 Å². The van der Waals surface area contributed by atoms with Crippen LogP contribution in [0.5, 0.6) is 5.75 Å². The van der Waals surface area contributed by atoms with Crippen molar-refractivity contribution in [1.29, 1.82) is 5.26 Å². The zero-order valence-corrected chi connectivity index (χ0v) is 18.6. The largest absolute Gasteiger partial charge is 0.494 e. The second-order valence-corrected chi connectivity index (χ2v) is 9.61. The highest BCUT2D eigenvalue weighted by molar-refractivity contribution is 5.34. The summed E-state index contributed by atoms with van der Waals surface area (Å²) in [6, 6.07) is 9.67. The van der Waals surface area contributed by atoms with Crippen molar-refractivity contribution in [2.24, 2.45) is 23.7 Å². The first-order valence-electron chi connectivity index (χ1n) is 12.4. The van der Waals surface area contributed by atoms with E-state index in [0.29, 0.717) is 5.56 Å². The third-order valence-electron chi connectivity index (χ3n) is 7.65. The summed E-state index contributed by atoms with van der Waals surface area (Å²) in [6.45, 7) is 3.12. The van der Waals surface area contributed by atoms with E-state index in [0.717, 1.165) is 42.4 Å². The predicted octanol–water partition coefficient (Wildman–Crippen LogP) is 7.91. The minimum absolute atomic E-state index is 0.697. The minimum atomic E-state index is 0.697. The van der Waals surface area contributed by atoms with Gasteiger partial charge in [0.25, 0.3) is 0 Å². The zero-order valence-electron chi connectivity index (χ0n) is 18.6. The van der Waals surface area contributed by atoms with E-state index in [1.807, 2.05) is 24.3 Å². The topological polar surface area (TPSA) is 33.0 Å². The van der Waals surface area contributed by atoms with Crippen LogP contribution in [0.15, 0.2) is 24.3 Å². The summed E-state index contributed by atoms with van der Waals surface area (Å²) in [4.78, 5) is 0. The summed E-state index contributed by atoms with van der Waals surface area (Å²) in [7, 11) is 0. The molecule has 2 saturated carbocycles. The van der Waals surface area contributed by atoms with Gasteiger partial charge in [0.05, 0.1) is 18.2 Å². The smallest absolute Gasteiger partial charge is 0.119 e. The van der Waals surface area contributed by atoms with E-state index in [4.69, 9.17) is 10.00 Å². The molecule has 0 N–H and O–H groups in total. The van der Waals surface area contributed by atoms with Gasteiger partial charge in [0.2, 0.25) is 0 Å². The lowest BCUT2D eigenvalue weighted by atomic mass is 9.65. The van der Waals surface area contributed by atoms with E-state index in [1.54, 1.807) is 0 Å². The molecule has 2 aliphatic carbocycles. The molecule has 29 heavy (non-hydrogen) atoms. The summed E-state index contributed by atoms with van der Waals surface area (Å²) >= 11 is 0. The highest BCUT2D eigenvalue weighted by Crippen LogP contribution is 2.45. The molecule has 0 amide bonds. The van der Waals surface area contributed by atoms with Gasteiger partial charge in [0.1, 0.15) is 5.75 Å². The molecule has 0 radical (unpaired) electrons. The maximum Gasteiger partial charge on any atom is 0.119 e. The predicted molar refractivity (Wildman–Crippen MR) is 121 cm³/mol. The SMILES string of the molecule is CCCCCC1CCC(C2CCCCC2CCCOc2ccc(C#N)cc2)CC1. The van der Waals surface area contributed by atoms with E-state index < -0.39 is 0 Å². The fourth-order valence-electron chi connectivity index (χ4n) is 5.96. The van der Waals surface area contributed by atoms with Crippen LogP contribution in [0.4, 0.5) is 0 Å². The zero-order chi connectivity index (χ0) is 20.3. The normalized spacial score (nSPS) is 27.3. The van der Waals surface area contributed by atoms with Crippen LogP contribution in [0.2, 0.25) is 0 Å². The Kier molecular flexibility index (Phi) is 9.39. The number of nitriles is 1. The van der Waals surface area contributed by atoms with Crippen LogP contribution in [-0.4, -0.2) is 6.61 Å². The van der Waals surface area contributed by atoms with E-state index in [1.165, 1.54) is 83.5 Å². The Morgan fingerprint density at radius 3 is 2.38 bits per heavy atom. The second-order valence-electron chi connectivity index (χ2n) is 9.61. The van der Waals surface area contributed by atoms with Crippen LogP contribution in [-0.2, 0) is 0 Å². The van der Waals surface area contributed by atoms with Gasteiger partial charge < -0.3 is 4.74 Å². The number of hydrogen-bond donors (Lipinski definition) is 0. The van der Waals surface area contributed by atoms with Gasteiger partial charge in [0.15, 0.2) is 0 Å². The summed E-state index contributed by atoms with van der Waals surface area (Å²) in [5, 5.41) is 8.89. The number of benzene rings is 1. The fourth-order valence-corrected chi connectivity index (χ4v) is 5.96. The molecule has 0 aromatic heterocycles. The standard InChI is InChI=1S/C27H41NO/c1-2-3-4-8-22-12-16-25(17-13-22)27-11-6-5-9-24(27)10-7-20-29-26-18-14-23(21-28)15-19-26/h14-15,18-19,22,24-25,27H,2-13,16-17,20H2,1H3. The Hall–Kier alpha value is -1.49. The first kappa shape index (κ1) is 22.2. The van der Waals surface area contributed by atoms with Crippen LogP contribution in [0, 0.1) is 35.0 Å². The Balaban J connectivity index is 1.38. The van der Waals surface area contributed by atoms with E-state index in [-0.39, 0.29) is 0 Å². The van der Waals surface area contributed by atoms with Crippen molar-refractivity contribution in [2.45, 2.75) is 96.8 Å². The van der Waals surface area contributed by atoms with E-state index in [2.05, 4.69) is 13.0 Å². The molecule has 0 aliphatic heterocycles. The lowest BCUT2D eigenvalue weighted by Gasteiger charge is -2.41. The first-order valence-corrected chi connectivity index (χ1v) is 12.4. The molecule has 0 spiro atoms. The summed E-state index contributed by atoms with van der Waals surface area (Å²) < 4.78 is 5.93. The molecular formula is C27H41NO. The fraction of sp³-hybridized carbons (Fsp3) is 0.741. The van der Waals surface area contributed by atoms with Gasteiger partial charge >= 0.3 is 0 Å². The lowest BCUT2D eigenvalue weighted by Crippen LogP contribution is -2.30. The Labute approximate surface area is 179 Å². The van der Waals surface area contributed by atoms with Crippen LogP contribution in [0.1, 0.15) is 102 Å². The molecule has 1 aromatic rings. The molecule has 2 aliphatic rings. The summed E-state index contributed by atoms with van der Waals surface area (Å²) in [6.07, 6.45) is 20.0. The Morgan fingerprint density at radius 1 is 0.897 bits per heavy atom. The molecular weight excluding hydrogens is 354 g/mol. The molecule has 0 saturated heterocycles. The third kappa shape index (κ3) is 7.06. The number of hydrogen-bond acceptors (Lipinski definition) is 2. The van der Waals surface area contributed by atoms with Crippen molar-refractivity contribution in [2.75, 3.05) is 6.61 Å². The molecule has 160 valence electrons. The molecule has 2 unspecified atom stereocenters. The quantitative estimate of drug-likeness (QED) is 0.377. The Morgan fingerprint density at radius 2 is 1.66 bits per heavy atom. The molecule has 2 heteroatoms. The van der Waals surface area contributed by atoms with Crippen molar-refractivity contribution in [1.82, 2.24) is 0 Å². The van der Waals surface area contributed by atoms with Gasteiger partial charge in [-0.05, 0) is 80.0 Å². The van der Waals surface area contributed by atoms with Crippen molar-refractivity contribution in [3.63, 3.8) is 0 Å². The molecule has 0 heterocycles. The lowest BCUT2D eigenvalue weighted by molar-refractivity contribution is 0.100. The van der Waals surface area contributed by atoms with E-state index in [9.17, 15) is 0 Å². The van der Waals surface area contributed by atoms with Gasteiger partial charge in [-0.3, -0.25) is 0 Å². The average molecular weight is 396 g/mol. The number of unbranched alkanes of at least 4 members (excludes halogenated alkanes) is 2. The highest BCUT2D eigenvalue weighted by Gasteiger charge is 2.33. The number of ether oxygens (including phenoxy) is 1. The molecule has 2 atom stereocenters. The van der Waals surface area contributed by atoms with Crippen molar-refractivity contribution < 1.29 is 4.74 Å². The van der Waals surface area contributed by atoms with Crippen LogP contribution in [0.3, 0.4) is 0 Å². The number of nitrogens with zero attached hydrogens (tertiary/aromatic N) is 1. The maximum atomic E-state index is 8.89. The first-order chi connectivity index (χ1) is 14.3. The van der Waals surface area contributed by atoms with Gasteiger partial charge in [-0.2, -0.15) is 5.26 Å². The molecule has 2 nitrogen and oxygen atoms in total. The molecule has 3 rings (SSSR count). The van der Waals surface area contributed by atoms with Crippen molar-refractivity contribution in [3.05, 3.63) is 29.8 Å². The van der Waals surface area contributed by atoms with E-state index >= 15 is 0 Å². The second kappa shape index (κ2) is 12.3. The third-order valence-corrected chi connectivity index (χ3v) is 7.65. The van der Waals surface area contributed by atoms with Crippen LogP contribution < -0.4 is 4.74 Å².